The molecule has 1 heterocycles. The van der Waals surface area contributed by atoms with E-state index >= 15 is 0 Å². The van der Waals surface area contributed by atoms with Gasteiger partial charge in [0.25, 0.3) is 0 Å². The number of nitrogens with one attached hydrogen (secondary N) is 1. The standard InChI is InChI=1S/C15H27N5O/c1-10-7-6-8-12(11(10)2)16-13(21)9-20-14(15(3,4)5)17-18-19-20/h10-12H,6-9H2,1-5H3,(H,16,21)/t10-,11-,12+/m1/s1. The minimum atomic E-state index is -0.170. The van der Waals surface area contributed by atoms with Crippen molar-refractivity contribution < 1.29 is 4.79 Å². The third kappa shape index (κ3) is 3.80. The molecule has 1 N–H and O–H groups in total. The predicted octanol–water partition coefficient (Wildman–Crippen LogP) is 1.91. The van der Waals surface area contributed by atoms with Crippen LogP contribution in [0.5, 0.6) is 0 Å². The Morgan fingerprint density at radius 3 is 2.71 bits per heavy atom. The monoisotopic (exact) mass is 293 g/mol. The number of nitrogens with zero attached hydrogens (tertiary/aromatic N) is 4. The molecule has 1 aliphatic rings. The van der Waals surface area contributed by atoms with Gasteiger partial charge in [0.1, 0.15) is 6.54 Å². The number of tetrazole rings is 1. The van der Waals surface area contributed by atoms with Crippen LogP contribution in [-0.2, 0) is 16.8 Å². The van der Waals surface area contributed by atoms with Crippen LogP contribution in [-0.4, -0.2) is 32.2 Å². The fraction of sp³-hybridized carbons (Fsp3) is 0.867. The smallest absolute Gasteiger partial charge is 0.242 e. The summed E-state index contributed by atoms with van der Waals surface area (Å²) in [4.78, 5) is 12.3. The van der Waals surface area contributed by atoms with Crippen LogP contribution in [0.15, 0.2) is 0 Å². The number of amides is 1. The van der Waals surface area contributed by atoms with Crippen molar-refractivity contribution in [2.45, 2.75) is 71.9 Å². The van der Waals surface area contributed by atoms with Crippen LogP contribution in [0.4, 0.5) is 0 Å². The van der Waals surface area contributed by atoms with Gasteiger partial charge in [-0.15, -0.1) is 5.10 Å². The van der Waals surface area contributed by atoms with E-state index in [1.807, 2.05) is 20.8 Å². The van der Waals surface area contributed by atoms with Crippen LogP contribution in [0.3, 0.4) is 0 Å². The maximum absolute atomic E-state index is 12.3. The van der Waals surface area contributed by atoms with Crippen molar-refractivity contribution >= 4 is 5.91 Å². The molecule has 0 spiro atoms. The van der Waals surface area contributed by atoms with Crippen molar-refractivity contribution in [3.05, 3.63) is 5.82 Å². The summed E-state index contributed by atoms with van der Waals surface area (Å²) < 4.78 is 1.60. The van der Waals surface area contributed by atoms with Crippen molar-refractivity contribution in [2.75, 3.05) is 0 Å². The fourth-order valence-corrected chi connectivity index (χ4v) is 3.02. The van der Waals surface area contributed by atoms with Crippen LogP contribution in [0, 0.1) is 11.8 Å². The fourth-order valence-electron chi connectivity index (χ4n) is 3.02. The molecule has 0 aliphatic heterocycles. The third-order valence-corrected chi connectivity index (χ3v) is 4.55. The molecule has 1 fully saturated rings. The summed E-state index contributed by atoms with van der Waals surface area (Å²) in [6.07, 6.45) is 3.52. The Bertz CT molecular complexity index is 490. The van der Waals surface area contributed by atoms with Gasteiger partial charge in [0.2, 0.25) is 5.91 Å². The van der Waals surface area contributed by atoms with E-state index in [-0.39, 0.29) is 23.9 Å². The average Bonchev–Trinajstić information content (AvgIpc) is 2.83. The normalized spacial score (nSPS) is 26.6. The van der Waals surface area contributed by atoms with E-state index in [4.69, 9.17) is 0 Å². The molecule has 3 atom stereocenters. The second kappa shape index (κ2) is 6.12. The molecule has 1 aliphatic carbocycles. The molecule has 0 radical (unpaired) electrons. The third-order valence-electron chi connectivity index (χ3n) is 4.55. The molecular weight excluding hydrogens is 266 g/mol. The first-order valence-electron chi connectivity index (χ1n) is 7.85. The summed E-state index contributed by atoms with van der Waals surface area (Å²) in [5.41, 5.74) is -0.170. The predicted molar refractivity (Wildman–Crippen MR) is 80.6 cm³/mol. The number of carbonyl (C=O) groups excluding carboxylic acids is 1. The zero-order chi connectivity index (χ0) is 15.6. The average molecular weight is 293 g/mol. The second-order valence-electron chi connectivity index (χ2n) is 7.35. The molecule has 0 aromatic carbocycles. The van der Waals surface area contributed by atoms with Gasteiger partial charge in [0, 0.05) is 11.5 Å². The van der Waals surface area contributed by atoms with Crippen molar-refractivity contribution in [3.63, 3.8) is 0 Å². The van der Waals surface area contributed by atoms with Gasteiger partial charge >= 0.3 is 0 Å². The van der Waals surface area contributed by atoms with Crippen molar-refractivity contribution in [2.24, 2.45) is 11.8 Å². The second-order valence-corrected chi connectivity index (χ2v) is 7.35. The maximum atomic E-state index is 12.3. The Morgan fingerprint density at radius 2 is 2.05 bits per heavy atom. The van der Waals surface area contributed by atoms with Crippen LogP contribution in [0.2, 0.25) is 0 Å². The number of carbonyl (C=O) groups is 1. The Kier molecular flexibility index (Phi) is 4.64. The highest BCUT2D eigenvalue weighted by atomic mass is 16.2. The molecule has 0 saturated heterocycles. The Morgan fingerprint density at radius 1 is 1.33 bits per heavy atom. The van der Waals surface area contributed by atoms with Gasteiger partial charge in [-0.25, -0.2) is 4.68 Å². The molecule has 21 heavy (non-hydrogen) atoms. The first-order valence-corrected chi connectivity index (χ1v) is 7.85. The number of rotatable bonds is 3. The summed E-state index contributed by atoms with van der Waals surface area (Å²) >= 11 is 0. The summed E-state index contributed by atoms with van der Waals surface area (Å²) in [6, 6.07) is 0.274. The van der Waals surface area contributed by atoms with Gasteiger partial charge in [0.15, 0.2) is 5.82 Å². The molecule has 0 unspecified atom stereocenters. The molecule has 118 valence electrons. The Balaban J connectivity index is 1.98. The molecule has 6 nitrogen and oxygen atoms in total. The SMILES string of the molecule is C[C@@H]1[C@H](C)CCC[C@@H]1NC(=O)Cn1nnnc1C(C)(C)C. The number of aromatic nitrogens is 4. The highest BCUT2D eigenvalue weighted by Gasteiger charge is 2.29. The van der Waals surface area contributed by atoms with Crippen molar-refractivity contribution in [3.8, 4) is 0 Å². The van der Waals surface area contributed by atoms with Gasteiger partial charge in [-0.1, -0.05) is 47.5 Å². The van der Waals surface area contributed by atoms with Crippen molar-refractivity contribution in [1.29, 1.82) is 0 Å². The molecule has 0 bridgehead atoms. The topological polar surface area (TPSA) is 72.7 Å². The highest BCUT2D eigenvalue weighted by molar-refractivity contribution is 5.76. The highest BCUT2D eigenvalue weighted by Crippen LogP contribution is 2.29. The Hall–Kier alpha value is -1.46. The van der Waals surface area contributed by atoms with Crippen molar-refractivity contribution in [1.82, 2.24) is 25.5 Å². The lowest BCUT2D eigenvalue weighted by molar-refractivity contribution is -0.123. The molecule has 1 saturated carbocycles. The summed E-state index contributed by atoms with van der Waals surface area (Å²) in [5.74, 6) is 1.93. The quantitative estimate of drug-likeness (QED) is 0.924. The van der Waals surface area contributed by atoms with E-state index in [1.54, 1.807) is 4.68 Å². The molecule has 2 rings (SSSR count). The van der Waals surface area contributed by atoms with Gasteiger partial charge in [-0.3, -0.25) is 4.79 Å². The zero-order valence-corrected chi connectivity index (χ0v) is 13.8. The van der Waals surface area contributed by atoms with Gasteiger partial charge < -0.3 is 5.32 Å². The minimum Gasteiger partial charge on any atom is -0.351 e. The summed E-state index contributed by atoms with van der Waals surface area (Å²) in [7, 11) is 0. The summed E-state index contributed by atoms with van der Waals surface area (Å²) in [6.45, 7) is 10.8. The lowest BCUT2D eigenvalue weighted by atomic mass is 9.78. The van der Waals surface area contributed by atoms with Crippen LogP contribution in [0.25, 0.3) is 0 Å². The van der Waals surface area contributed by atoms with Crippen LogP contribution in [0.1, 0.15) is 59.7 Å². The lowest BCUT2D eigenvalue weighted by Gasteiger charge is -2.34. The molecule has 6 heteroatoms. The molecule has 1 aromatic rings. The number of hydrogen-bond donors (Lipinski definition) is 1. The minimum absolute atomic E-state index is 0.00116. The van der Waals surface area contributed by atoms with E-state index in [9.17, 15) is 4.79 Å². The van der Waals surface area contributed by atoms with Gasteiger partial charge in [-0.2, -0.15) is 0 Å². The summed E-state index contributed by atoms with van der Waals surface area (Å²) in [5, 5.41) is 14.8. The lowest BCUT2D eigenvalue weighted by Crippen LogP contribution is -2.45. The molecule has 1 amide bonds. The number of hydrogen-bond acceptors (Lipinski definition) is 4. The Labute approximate surface area is 126 Å². The van der Waals surface area contributed by atoms with E-state index in [2.05, 4.69) is 34.7 Å². The first kappa shape index (κ1) is 15.9. The van der Waals surface area contributed by atoms with Gasteiger partial charge in [-0.05, 0) is 28.7 Å². The van der Waals surface area contributed by atoms with E-state index in [0.717, 1.165) is 12.2 Å². The first-order chi connectivity index (χ1) is 9.79. The molecule has 1 aromatic heterocycles. The van der Waals surface area contributed by atoms with E-state index < -0.39 is 0 Å². The molecular formula is C15H27N5O. The van der Waals surface area contributed by atoms with E-state index in [1.165, 1.54) is 12.8 Å². The van der Waals surface area contributed by atoms with Crippen LogP contribution < -0.4 is 5.32 Å². The zero-order valence-electron chi connectivity index (χ0n) is 13.8. The van der Waals surface area contributed by atoms with Gasteiger partial charge in [0.05, 0.1) is 0 Å². The van der Waals surface area contributed by atoms with Crippen LogP contribution >= 0.6 is 0 Å². The largest absolute Gasteiger partial charge is 0.351 e. The maximum Gasteiger partial charge on any atom is 0.242 e. The van der Waals surface area contributed by atoms with E-state index in [0.29, 0.717) is 11.8 Å².